The molecule has 0 fully saturated rings. The molecule has 3 rings (SSSR count). The van der Waals surface area contributed by atoms with Crippen molar-refractivity contribution in [2.24, 2.45) is 0 Å². The lowest BCUT2D eigenvalue weighted by molar-refractivity contribution is 0.514. The summed E-state index contributed by atoms with van der Waals surface area (Å²) in [4.78, 5) is 0. The van der Waals surface area contributed by atoms with E-state index in [1.165, 1.54) is 40.9 Å². The normalized spacial score (nSPS) is 16.2. The molecular formula is C29H40N2. The van der Waals surface area contributed by atoms with E-state index < -0.39 is 0 Å². The predicted molar refractivity (Wildman–Crippen MR) is 137 cm³/mol. The Kier molecular flexibility index (Phi) is 6.99. The second-order valence-corrected chi connectivity index (χ2v) is 10.2. The SMILES string of the molecule is CNc1ccccc1C(C)(C)C/C=C1\CCC(CC(C)(C)c2ccccc2NC)=C1C. The highest BCUT2D eigenvalue weighted by molar-refractivity contribution is 5.55. The maximum Gasteiger partial charge on any atom is 0.0375 e. The highest BCUT2D eigenvalue weighted by Gasteiger charge is 2.28. The Hall–Kier alpha value is -2.48. The molecule has 2 nitrogen and oxygen atoms in total. The number of nitrogens with one attached hydrogen (secondary N) is 2. The lowest BCUT2D eigenvalue weighted by Crippen LogP contribution is -2.19. The first kappa shape index (κ1) is 23.2. The van der Waals surface area contributed by atoms with E-state index in [1.54, 1.807) is 11.1 Å². The second-order valence-electron chi connectivity index (χ2n) is 10.2. The molecule has 2 heteroatoms. The van der Waals surface area contributed by atoms with Gasteiger partial charge in [-0.15, -0.1) is 0 Å². The minimum Gasteiger partial charge on any atom is -0.388 e. The molecule has 1 aliphatic rings. The topological polar surface area (TPSA) is 24.1 Å². The zero-order valence-corrected chi connectivity index (χ0v) is 20.5. The summed E-state index contributed by atoms with van der Waals surface area (Å²) in [5.41, 5.74) is 10.2. The third-order valence-electron chi connectivity index (χ3n) is 7.07. The van der Waals surface area contributed by atoms with Crippen molar-refractivity contribution < 1.29 is 0 Å². The molecule has 0 saturated carbocycles. The van der Waals surface area contributed by atoms with Gasteiger partial charge >= 0.3 is 0 Å². The van der Waals surface area contributed by atoms with Crippen LogP contribution < -0.4 is 10.6 Å². The molecule has 0 aromatic heterocycles. The monoisotopic (exact) mass is 416 g/mol. The third-order valence-corrected chi connectivity index (χ3v) is 7.07. The number of rotatable bonds is 8. The van der Waals surface area contributed by atoms with E-state index in [2.05, 4.69) is 99.9 Å². The molecule has 0 saturated heterocycles. The van der Waals surface area contributed by atoms with Crippen molar-refractivity contribution in [1.29, 1.82) is 0 Å². The second kappa shape index (κ2) is 9.34. The van der Waals surface area contributed by atoms with Crippen LogP contribution in [0.2, 0.25) is 0 Å². The van der Waals surface area contributed by atoms with Gasteiger partial charge in [0.25, 0.3) is 0 Å². The standard InChI is InChI=1S/C29H40N2/c1-21-22(18-19-28(2,3)24-12-8-10-14-26(24)30-6)16-17-23(21)20-29(4,5)25-13-9-11-15-27(25)31-7/h8-15,18,30-31H,16-17,19-20H2,1-7H3/b22-18+. The lowest BCUT2D eigenvalue weighted by atomic mass is 9.77. The maximum atomic E-state index is 3.38. The average molecular weight is 417 g/mol. The Morgan fingerprint density at radius 2 is 1.29 bits per heavy atom. The van der Waals surface area contributed by atoms with Crippen molar-refractivity contribution >= 4 is 11.4 Å². The first-order valence-corrected chi connectivity index (χ1v) is 11.6. The molecule has 31 heavy (non-hydrogen) atoms. The Morgan fingerprint density at radius 1 is 0.774 bits per heavy atom. The lowest BCUT2D eigenvalue weighted by Gasteiger charge is -2.29. The van der Waals surface area contributed by atoms with Gasteiger partial charge in [0.05, 0.1) is 0 Å². The van der Waals surface area contributed by atoms with E-state index in [4.69, 9.17) is 0 Å². The first-order chi connectivity index (χ1) is 14.7. The van der Waals surface area contributed by atoms with Crippen LogP contribution in [0.5, 0.6) is 0 Å². The van der Waals surface area contributed by atoms with E-state index >= 15 is 0 Å². The number of benzene rings is 2. The molecule has 0 unspecified atom stereocenters. The Labute approximate surface area is 189 Å². The summed E-state index contributed by atoms with van der Waals surface area (Å²) in [5, 5.41) is 6.74. The van der Waals surface area contributed by atoms with E-state index in [-0.39, 0.29) is 10.8 Å². The highest BCUT2D eigenvalue weighted by atomic mass is 14.8. The van der Waals surface area contributed by atoms with Crippen LogP contribution in [0.4, 0.5) is 11.4 Å². The van der Waals surface area contributed by atoms with Crippen molar-refractivity contribution in [3.8, 4) is 0 Å². The summed E-state index contributed by atoms with van der Waals surface area (Å²) in [6.45, 7) is 11.8. The Morgan fingerprint density at radius 3 is 1.84 bits per heavy atom. The smallest absolute Gasteiger partial charge is 0.0375 e. The fourth-order valence-electron chi connectivity index (χ4n) is 5.06. The highest BCUT2D eigenvalue weighted by Crippen LogP contribution is 2.42. The molecule has 166 valence electrons. The van der Waals surface area contributed by atoms with E-state index in [9.17, 15) is 0 Å². The molecule has 0 aliphatic heterocycles. The maximum absolute atomic E-state index is 3.38. The van der Waals surface area contributed by atoms with Crippen molar-refractivity contribution in [3.63, 3.8) is 0 Å². The summed E-state index contributed by atoms with van der Waals surface area (Å²) in [6, 6.07) is 17.4. The van der Waals surface area contributed by atoms with Crippen LogP contribution in [0.25, 0.3) is 0 Å². The van der Waals surface area contributed by atoms with Gasteiger partial charge in [-0.1, -0.05) is 75.7 Å². The van der Waals surface area contributed by atoms with E-state index in [1.807, 2.05) is 14.1 Å². The molecule has 1 aliphatic carbocycles. The number of hydrogen-bond acceptors (Lipinski definition) is 2. The molecule has 2 aromatic carbocycles. The van der Waals surface area contributed by atoms with Crippen LogP contribution in [0.1, 0.15) is 71.4 Å². The molecule has 0 spiro atoms. The number of allylic oxidation sites excluding steroid dienone is 4. The molecule has 0 atom stereocenters. The van der Waals surface area contributed by atoms with Crippen LogP contribution in [-0.2, 0) is 10.8 Å². The molecular weight excluding hydrogens is 376 g/mol. The fourth-order valence-corrected chi connectivity index (χ4v) is 5.06. The summed E-state index contributed by atoms with van der Waals surface area (Å²) in [5.74, 6) is 0. The molecule has 2 N–H and O–H groups in total. The predicted octanol–water partition coefficient (Wildman–Crippen LogP) is 7.84. The Balaban J connectivity index is 1.79. The van der Waals surface area contributed by atoms with Crippen molar-refractivity contribution in [1.82, 2.24) is 0 Å². The van der Waals surface area contributed by atoms with E-state index in [0.717, 1.165) is 12.8 Å². The molecule has 0 heterocycles. The largest absolute Gasteiger partial charge is 0.388 e. The van der Waals surface area contributed by atoms with Crippen molar-refractivity contribution in [3.05, 3.63) is 82.5 Å². The quantitative estimate of drug-likeness (QED) is 0.458. The number of hydrogen-bond donors (Lipinski definition) is 2. The number of para-hydroxylation sites is 2. The average Bonchev–Trinajstić information content (AvgIpc) is 3.11. The van der Waals surface area contributed by atoms with E-state index in [0.29, 0.717) is 0 Å². The minimum atomic E-state index is 0.0979. The van der Waals surface area contributed by atoms with Gasteiger partial charge < -0.3 is 10.6 Å². The van der Waals surface area contributed by atoms with Gasteiger partial charge in [-0.2, -0.15) is 0 Å². The van der Waals surface area contributed by atoms with Crippen LogP contribution in [0.3, 0.4) is 0 Å². The van der Waals surface area contributed by atoms with Crippen LogP contribution >= 0.6 is 0 Å². The summed E-state index contributed by atoms with van der Waals surface area (Å²) in [7, 11) is 4.03. The van der Waals surface area contributed by atoms with Crippen LogP contribution in [0.15, 0.2) is 71.3 Å². The first-order valence-electron chi connectivity index (χ1n) is 11.6. The van der Waals surface area contributed by atoms with Gasteiger partial charge in [-0.05, 0) is 77.8 Å². The zero-order valence-electron chi connectivity index (χ0n) is 20.5. The number of anilines is 2. The van der Waals surface area contributed by atoms with Crippen molar-refractivity contribution in [2.75, 3.05) is 24.7 Å². The van der Waals surface area contributed by atoms with Crippen LogP contribution in [0, 0.1) is 0 Å². The Bertz CT molecular complexity index is 976. The fraction of sp³-hybridized carbons (Fsp3) is 0.448. The van der Waals surface area contributed by atoms with Crippen molar-refractivity contribution in [2.45, 2.75) is 71.1 Å². The van der Waals surface area contributed by atoms with Crippen LogP contribution in [-0.4, -0.2) is 14.1 Å². The third kappa shape index (κ3) is 5.06. The summed E-state index contributed by atoms with van der Waals surface area (Å²) >= 11 is 0. The van der Waals surface area contributed by atoms with Gasteiger partial charge in [0, 0.05) is 25.5 Å². The zero-order chi connectivity index (χ0) is 22.6. The van der Waals surface area contributed by atoms with Gasteiger partial charge in [0.15, 0.2) is 0 Å². The molecule has 2 aromatic rings. The summed E-state index contributed by atoms with van der Waals surface area (Å²) < 4.78 is 0. The van der Waals surface area contributed by atoms with Gasteiger partial charge in [-0.3, -0.25) is 0 Å². The molecule has 0 radical (unpaired) electrons. The minimum absolute atomic E-state index is 0.0979. The van der Waals surface area contributed by atoms with Gasteiger partial charge in [0.2, 0.25) is 0 Å². The van der Waals surface area contributed by atoms with Gasteiger partial charge in [-0.25, -0.2) is 0 Å². The molecule has 0 amide bonds. The van der Waals surface area contributed by atoms with Gasteiger partial charge in [0.1, 0.15) is 0 Å². The molecule has 0 bridgehead atoms. The summed E-state index contributed by atoms with van der Waals surface area (Å²) in [6.07, 6.45) is 7.03.